The molecule has 1 saturated heterocycles. The third-order valence-corrected chi connectivity index (χ3v) is 3.85. The van der Waals surface area contributed by atoms with Crippen LogP contribution in [0.3, 0.4) is 0 Å². The van der Waals surface area contributed by atoms with Gasteiger partial charge in [-0.3, -0.25) is 10.1 Å². The molecule has 8 nitrogen and oxygen atoms in total. The van der Waals surface area contributed by atoms with E-state index in [1.54, 1.807) is 13.0 Å². The Balaban J connectivity index is 2.27. The predicted molar refractivity (Wildman–Crippen MR) is 87.3 cm³/mol. The maximum atomic E-state index is 12.2. The summed E-state index contributed by atoms with van der Waals surface area (Å²) in [7, 11) is 0. The second-order valence-electron chi connectivity index (χ2n) is 5.48. The van der Waals surface area contributed by atoms with Crippen molar-refractivity contribution in [1.82, 2.24) is 0 Å². The Morgan fingerprint density at radius 2 is 2.29 bits per heavy atom. The molecule has 0 saturated carbocycles. The SMILES string of the molecule is CCOC(=O)c1cc([N+](=O)[O-])ccc1N1CCC[C@@H](OCCO)C1. The Hall–Kier alpha value is -2.19. The van der Waals surface area contributed by atoms with Gasteiger partial charge in [0.05, 0.1) is 42.1 Å². The topological polar surface area (TPSA) is 102 Å². The number of esters is 1. The van der Waals surface area contributed by atoms with E-state index in [4.69, 9.17) is 14.6 Å². The van der Waals surface area contributed by atoms with Crippen LogP contribution in [0.2, 0.25) is 0 Å². The number of hydrogen-bond acceptors (Lipinski definition) is 7. The number of non-ortho nitro benzene ring substituents is 1. The van der Waals surface area contributed by atoms with E-state index in [0.29, 0.717) is 12.2 Å². The summed E-state index contributed by atoms with van der Waals surface area (Å²) in [6.45, 7) is 3.40. The van der Waals surface area contributed by atoms with Crippen LogP contribution in [-0.4, -0.2) is 55.0 Å². The maximum Gasteiger partial charge on any atom is 0.340 e. The van der Waals surface area contributed by atoms with Crippen LogP contribution in [0, 0.1) is 10.1 Å². The van der Waals surface area contributed by atoms with Crippen molar-refractivity contribution in [2.45, 2.75) is 25.9 Å². The fourth-order valence-corrected chi connectivity index (χ4v) is 2.80. The molecule has 0 bridgehead atoms. The quantitative estimate of drug-likeness (QED) is 0.459. The van der Waals surface area contributed by atoms with Crippen molar-refractivity contribution in [3.63, 3.8) is 0 Å². The molecule has 1 aliphatic rings. The fourth-order valence-electron chi connectivity index (χ4n) is 2.80. The van der Waals surface area contributed by atoms with Gasteiger partial charge in [-0.15, -0.1) is 0 Å². The first-order valence-electron chi connectivity index (χ1n) is 7.99. The number of rotatable bonds is 7. The first kappa shape index (κ1) is 18.2. The number of nitro benzene ring substituents is 1. The zero-order valence-electron chi connectivity index (χ0n) is 13.6. The van der Waals surface area contributed by atoms with Gasteiger partial charge in [-0.1, -0.05) is 0 Å². The second-order valence-corrected chi connectivity index (χ2v) is 5.48. The summed E-state index contributed by atoms with van der Waals surface area (Å²) in [6, 6.07) is 4.22. The van der Waals surface area contributed by atoms with Gasteiger partial charge in [0, 0.05) is 25.2 Å². The van der Waals surface area contributed by atoms with E-state index in [1.165, 1.54) is 12.1 Å². The van der Waals surface area contributed by atoms with Crippen LogP contribution >= 0.6 is 0 Å². The minimum Gasteiger partial charge on any atom is -0.462 e. The number of benzene rings is 1. The van der Waals surface area contributed by atoms with Crippen LogP contribution in [0.15, 0.2) is 18.2 Å². The molecule has 8 heteroatoms. The largest absolute Gasteiger partial charge is 0.462 e. The number of carbonyl (C=O) groups excluding carboxylic acids is 1. The van der Waals surface area contributed by atoms with Crippen LogP contribution < -0.4 is 4.90 Å². The first-order valence-corrected chi connectivity index (χ1v) is 7.99. The van der Waals surface area contributed by atoms with Crippen molar-refractivity contribution in [2.75, 3.05) is 37.8 Å². The van der Waals surface area contributed by atoms with Crippen molar-refractivity contribution in [2.24, 2.45) is 0 Å². The van der Waals surface area contributed by atoms with Gasteiger partial charge < -0.3 is 19.5 Å². The second kappa shape index (κ2) is 8.60. The number of aliphatic hydroxyl groups is 1. The summed E-state index contributed by atoms with van der Waals surface area (Å²) >= 11 is 0. The average Bonchev–Trinajstić information content (AvgIpc) is 2.59. The molecule has 1 aliphatic heterocycles. The minimum absolute atomic E-state index is 0.0396. The molecule has 0 aromatic heterocycles. The normalized spacial score (nSPS) is 17.6. The van der Waals surface area contributed by atoms with E-state index in [-0.39, 0.29) is 37.2 Å². The number of hydrogen-bond donors (Lipinski definition) is 1. The molecule has 2 rings (SSSR count). The highest BCUT2D eigenvalue weighted by Crippen LogP contribution is 2.29. The van der Waals surface area contributed by atoms with E-state index in [2.05, 4.69) is 0 Å². The van der Waals surface area contributed by atoms with E-state index >= 15 is 0 Å². The number of aliphatic hydroxyl groups excluding tert-OH is 1. The van der Waals surface area contributed by atoms with Gasteiger partial charge in [0.2, 0.25) is 0 Å². The van der Waals surface area contributed by atoms with Gasteiger partial charge in [0.1, 0.15) is 0 Å². The molecule has 0 spiro atoms. The van der Waals surface area contributed by atoms with Gasteiger partial charge in [0.25, 0.3) is 5.69 Å². The zero-order chi connectivity index (χ0) is 17.5. The smallest absolute Gasteiger partial charge is 0.340 e. The Morgan fingerprint density at radius 3 is 2.96 bits per heavy atom. The van der Waals surface area contributed by atoms with E-state index in [0.717, 1.165) is 19.4 Å². The summed E-state index contributed by atoms with van der Waals surface area (Å²) in [5.74, 6) is -0.574. The lowest BCUT2D eigenvalue weighted by Gasteiger charge is -2.35. The zero-order valence-corrected chi connectivity index (χ0v) is 13.6. The Bertz CT molecular complexity index is 592. The highest BCUT2D eigenvalue weighted by atomic mass is 16.6. The Morgan fingerprint density at radius 1 is 1.50 bits per heavy atom. The van der Waals surface area contributed by atoms with Crippen molar-refractivity contribution in [3.05, 3.63) is 33.9 Å². The fraction of sp³-hybridized carbons (Fsp3) is 0.562. The maximum absolute atomic E-state index is 12.2. The van der Waals surface area contributed by atoms with E-state index < -0.39 is 10.9 Å². The molecule has 1 N–H and O–H groups in total. The lowest BCUT2D eigenvalue weighted by atomic mass is 10.0. The number of ether oxygens (including phenoxy) is 2. The van der Waals surface area contributed by atoms with Gasteiger partial charge in [0.15, 0.2) is 0 Å². The van der Waals surface area contributed by atoms with Crippen LogP contribution in [0.5, 0.6) is 0 Å². The average molecular weight is 338 g/mol. The number of carbonyl (C=O) groups is 1. The third-order valence-electron chi connectivity index (χ3n) is 3.85. The molecule has 0 radical (unpaired) electrons. The summed E-state index contributed by atoms with van der Waals surface area (Å²) in [5.41, 5.74) is 0.650. The summed E-state index contributed by atoms with van der Waals surface area (Å²) in [6.07, 6.45) is 1.70. The van der Waals surface area contributed by atoms with Crippen molar-refractivity contribution >= 4 is 17.3 Å². The summed E-state index contributed by atoms with van der Waals surface area (Å²) in [5, 5.41) is 19.9. The lowest BCUT2D eigenvalue weighted by molar-refractivity contribution is -0.384. The van der Waals surface area contributed by atoms with Crippen molar-refractivity contribution < 1.29 is 24.3 Å². The molecule has 1 heterocycles. The van der Waals surface area contributed by atoms with Crippen molar-refractivity contribution in [3.8, 4) is 0 Å². The highest BCUT2D eigenvalue weighted by molar-refractivity contribution is 5.96. The minimum atomic E-state index is -0.574. The van der Waals surface area contributed by atoms with Crippen LogP contribution in [0.4, 0.5) is 11.4 Å². The molecule has 1 atom stereocenters. The van der Waals surface area contributed by atoms with Crippen LogP contribution in [0.25, 0.3) is 0 Å². The van der Waals surface area contributed by atoms with Crippen LogP contribution in [0.1, 0.15) is 30.1 Å². The van der Waals surface area contributed by atoms with Gasteiger partial charge in [-0.2, -0.15) is 0 Å². The van der Waals surface area contributed by atoms with Crippen molar-refractivity contribution in [1.29, 1.82) is 0 Å². The Kier molecular flexibility index (Phi) is 6.51. The van der Waals surface area contributed by atoms with Gasteiger partial charge in [-0.25, -0.2) is 4.79 Å². The lowest BCUT2D eigenvalue weighted by Crippen LogP contribution is -2.40. The molecule has 24 heavy (non-hydrogen) atoms. The predicted octanol–water partition coefficient (Wildman–Crippen LogP) is 1.75. The monoisotopic (exact) mass is 338 g/mol. The molecule has 1 fully saturated rings. The summed E-state index contributed by atoms with van der Waals surface area (Å²) < 4.78 is 10.6. The standard InChI is InChI=1S/C16H22N2O6/c1-2-23-16(20)14-10-12(18(21)22)5-6-15(14)17-7-3-4-13(11-17)24-9-8-19/h5-6,10,13,19H,2-4,7-9,11H2,1H3/t13-/m1/s1. The molecule has 0 amide bonds. The molecule has 0 unspecified atom stereocenters. The van der Waals surface area contributed by atoms with E-state index in [1.807, 2.05) is 4.90 Å². The Labute approximate surface area is 140 Å². The van der Waals surface area contributed by atoms with E-state index in [9.17, 15) is 14.9 Å². The number of anilines is 1. The van der Waals surface area contributed by atoms with Crippen LogP contribution in [-0.2, 0) is 9.47 Å². The van der Waals surface area contributed by atoms with Gasteiger partial charge >= 0.3 is 5.97 Å². The molecule has 0 aliphatic carbocycles. The van der Waals surface area contributed by atoms with Gasteiger partial charge in [-0.05, 0) is 25.8 Å². The molecule has 1 aromatic carbocycles. The third kappa shape index (κ3) is 4.42. The number of piperidine rings is 1. The molecular weight excluding hydrogens is 316 g/mol. The molecule has 132 valence electrons. The number of nitro groups is 1. The molecule has 1 aromatic rings. The highest BCUT2D eigenvalue weighted by Gasteiger charge is 2.26. The first-order chi connectivity index (χ1) is 11.6. The number of nitrogens with zero attached hydrogens (tertiary/aromatic N) is 2. The summed E-state index contributed by atoms with van der Waals surface area (Å²) in [4.78, 5) is 24.6. The molecular formula is C16H22N2O6.